The second-order valence-electron chi connectivity index (χ2n) is 4.38. The Balaban J connectivity index is 2.50. The Kier molecular flexibility index (Phi) is 5.33. The molecule has 0 aliphatic carbocycles. The minimum absolute atomic E-state index is 0.180. The Hall–Kier alpha value is -1.02. The van der Waals surface area contributed by atoms with Crippen LogP contribution in [-0.4, -0.2) is 12.9 Å². The first-order chi connectivity index (χ1) is 7.61. The van der Waals surface area contributed by atoms with Crippen LogP contribution < -0.4 is 4.74 Å². The van der Waals surface area contributed by atoms with E-state index in [1.54, 1.807) is 0 Å². The molecule has 0 N–H and O–H groups in total. The smallest absolute Gasteiger partial charge is 0.196 e. The van der Waals surface area contributed by atoms with Crippen LogP contribution in [-0.2, 0) is 11.2 Å². The fraction of sp³-hybridized carbons (Fsp3) is 0.571. The van der Waals surface area contributed by atoms with E-state index < -0.39 is 0 Å². The summed E-state index contributed by atoms with van der Waals surface area (Å²) < 4.78 is 10.9. The lowest BCUT2D eigenvalue weighted by atomic mass is 10.0. The molecule has 90 valence electrons. The minimum Gasteiger partial charge on any atom is -0.465 e. The molecule has 1 atom stereocenters. The van der Waals surface area contributed by atoms with Crippen molar-refractivity contribution < 1.29 is 9.47 Å². The van der Waals surface area contributed by atoms with Crippen LogP contribution in [0.5, 0.6) is 5.75 Å². The van der Waals surface area contributed by atoms with Crippen molar-refractivity contribution in [3.05, 3.63) is 29.8 Å². The maximum atomic E-state index is 5.59. The van der Waals surface area contributed by atoms with Crippen molar-refractivity contribution in [1.82, 2.24) is 0 Å². The van der Waals surface area contributed by atoms with Gasteiger partial charge in [0.15, 0.2) is 6.29 Å². The van der Waals surface area contributed by atoms with Gasteiger partial charge in [-0.25, -0.2) is 0 Å². The molecule has 1 unspecified atom stereocenters. The molecule has 1 aromatic rings. The second kappa shape index (κ2) is 6.54. The molecule has 0 fully saturated rings. The topological polar surface area (TPSA) is 18.5 Å². The van der Waals surface area contributed by atoms with Crippen molar-refractivity contribution in [1.29, 1.82) is 0 Å². The molecule has 0 saturated carbocycles. The van der Waals surface area contributed by atoms with Gasteiger partial charge < -0.3 is 9.47 Å². The highest BCUT2D eigenvalue weighted by atomic mass is 16.7. The Morgan fingerprint density at radius 2 is 1.69 bits per heavy atom. The van der Waals surface area contributed by atoms with Crippen LogP contribution >= 0.6 is 0 Å². The van der Waals surface area contributed by atoms with Gasteiger partial charge >= 0.3 is 0 Å². The second-order valence-corrected chi connectivity index (χ2v) is 4.38. The molecule has 0 spiro atoms. The van der Waals surface area contributed by atoms with Gasteiger partial charge in [0, 0.05) is 6.61 Å². The highest BCUT2D eigenvalue weighted by molar-refractivity contribution is 5.27. The van der Waals surface area contributed by atoms with E-state index in [2.05, 4.69) is 26.0 Å². The molecule has 2 nitrogen and oxygen atoms in total. The van der Waals surface area contributed by atoms with Gasteiger partial charge in [-0.1, -0.05) is 26.0 Å². The third kappa shape index (κ3) is 4.67. The van der Waals surface area contributed by atoms with Crippen LogP contribution in [0.2, 0.25) is 0 Å². The molecule has 0 radical (unpaired) electrons. The molecule has 0 amide bonds. The number of ether oxygens (including phenoxy) is 2. The first-order valence-corrected chi connectivity index (χ1v) is 5.99. The summed E-state index contributed by atoms with van der Waals surface area (Å²) in [5, 5.41) is 0. The van der Waals surface area contributed by atoms with Crippen LogP contribution in [0.1, 0.15) is 33.3 Å². The number of rotatable bonds is 6. The number of hydrogen-bond acceptors (Lipinski definition) is 2. The van der Waals surface area contributed by atoms with Crippen molar-refractivity contribution in [3.63, 3.8) is 0 Å². The molecule has 1 rings (SSSR count). The highest BCUT2D eigenvalue weighted by Gasteiger charge is 2.03. The summed E-state index contributed by atoms with van der Waals surface area (Å²) in [6.07, 6.45) is 0.933. The fourth-order valence-electron chi connectivity index (χ4n) is 1.64. The summed E-state index contributed by atoms with van der Waals surface area (Å²) in [5.41, 5.74) is 1.35. The predicted octanol–water partition coefficient (Wildman–Crippen LogP) is 3.65. The number of hydrogen-bond donors (Lipinski definition) is 0. The van der Waals surface area contributed by atoms with Crippen LogP contribution in [0.4, 0.5) is 0 Å². The van der Waals surface area contributed by atoms with E-state index in [1.165, 1.54) is 5.56 Å². The maximum absolute atomic E-state index is 5.59. The Morgan fingerprint density at radius 3 is 2.19 bits per heavy atom. The lowest BCUT2D eigenvalue weighted by molar-refractivity contribution is -0.0613. The third-order valence-corrected chi connectivity index (χ3v) is 2.27. The molecule has 16 heavy (non-hydrogen) atoms. The Labute approximate surface area is 98.6 Å². The van der Waals surface area contributed by atoms with Crippen molar-refractivity contribution in [3.8, 4) is 5.75 Å². The van der Waals surface area contributed by atoms with Crippen LogP contribution in [0, 0.1) is 5.92 Å². The molecule has 0 aliphatic rings. The molecule has 2 heteroatoms. The molecule has 0 bridgehead atoms. The van der Waals surface area contributed by atoms with Crippen molar-refractivity contribution in [2.75, 3.05) is 6.61 Å². The van der Waals surface area contributed by atoms with Gasteiger partial charge in [0.2, 0.25) is 0 Å². The SMILES string of the molecule is CCOC(C)Oc1ccc(CC(C)C)cc1. The number of benzene rings is 1. The van der Waals surface area contributed by atoms with E-state index in [1.807, 2.05) is 26.0 Å². The summed E-state index contributed by atoms with van der Waals surface area (Å²) >= 11 is 0. The molecule has 0 aliphatic heterocycles. The van der Waals surface area contributed by atoms with Gasteiger partial charge in [-0.2, -0.15) is 0 Å². The van der Waals surface area contributed by atoms with Crippen LogP contribution in [0.25, 0.3) is 0 Å². The summed E-state index contributed by atoms with van der Waals surface area (Å²) in [7, 11) is 0. The van der Waals surface area contributed by atoms with Gasteiger partial charge in [-0.15, -0.1) is 0 Å². The highest BCUT2D eigenvalue weighted by Crippen LogP contribution is 2.16. The van der Waals surface area contributed by atoms with E-state index in [9.17, 15) is 0 Å². The quantitative estimate of drug-likeness (QED) is 0.684. The molecule has 0 saturated heterocycles. The normalized spacial score (nSPS) is 12.8. The minimum atomic E-state index is -0.180. The standard InChI is InChI=1S/C14H22O2/c1-5-15-12(4)16-14-8-6-13(7-9-14)10-11(2)3/h6-9,11-12H,5,10H2,1-4H3. The van der Waals surface area contributed by atoms with Gasteiger partial charge in [-0.05, 0) is 43.9 Å². The van der Waals surface area contributed by atoms with E-state index in [4.69, 9.17) is 9.47 Å². The predicted molar refractivity (Wildman–Crippen MR) is 66.7 cm³/mol. The maximum Gasteiger partial charge on any atom is 0.196 e. The van der Waals surface area contributed by atoms with Gasteiger partial charge in [0.1, 0.15) is 5.75 Å². The van der Waals surface area contributed by atoms with E-state index in [-0.39, 0.29) is 6.29 Å². The summed E-state index contributed by atoms with van der Waals surface area (Å²) in [4.78, 5) is 0. The van der Waals surface area contributed by atoms with Crippen LogP contribution in [0.3, 0.4) is 0 Å². The largest absolute Gasteiger partial charge is 0.465 e. The van der Waals surface area contributed by atoms with E-state index in [0.717, 1.165) is 12.2 Å². The summed E-state index contributed by atoms with van der Waals surface area (Å²) in [6.45, 7) is 8.99. The zero-order chi connectivity index (χ0) is 12.0. The molecule has 0 aromatic heterocycles. The molecular weight excluding hydrogens is 200 g/mol. The van der Waals surface area contributed by atoms with E-state index >= 15 is 0 Å². The fourth-order valence-corrected chi connectivity index (χ4v) is 1.64. The first-order valence-electron chi connectivity index (χ1n) is 5.99. The first kappa shape index (κ1) is 13.0. The Bertz CT molecular complexity index is 290. The van der Waals surface area contributed by atoms with Gasteiger partial charge in [0.25, 0.3) is 0 Å². The van der Waals surface area contributed by atoms with E-state index in [0.29, 0.717) is 12.5 Å². The third-order valence-electron chi connectivity index (χ3n) is 2.27. The lowest BCUT2D eigenvalue weighted by Crippen LogP contribution is -2.15. The monoisotopic (exact) mass is 222 g/mol. The van der Waals surface area contributed by atoms with Gasteiger partial charge in [0.05, 0.1) is 0 Å². The molecule has 1 aromatic carbocycles. The van der Waals surface area contributed by atoms with Crippen molar-refractivity contribution in [2.24, 2.45) is 5.92 Å². The zero-order valence-corrected chi connectivity index (χ0v) is 10.7. The van der Waals surface area contributed by atoms with Crippen molar-refractivity contribution in [2.45, 2.75) is 40.4 Å². The average Bonchev–Trinajstić information content (AvgIpc) is 2.20. The van der Waals surface area contributed by atoms with Gasteiger partial charge in [-0.3, -0.25) is 0 Å². The summed E-state index contributed by atoms with van der Waals surface area (Å²) in [5.74, 6) is 1.56. The molecular formula is C14H22O2. The van der Waals surface area contributed by atoms with Crippen LogP contribution in [0.15, 0.2) is 24.3 Å². The molecule has 0 heterocycles. The average molecular weight is 222 g/mol. The lowest BCUT2D eigenvalue weighted by Gasteiger charge is -2.14. The zero-order valence-electron chi connectivity index (χ0n) is 10.7. The Morgan fingerprint density at radius 1 is 1.06 bits per heavy atom. The van der Waals surface area contributed by atoms with Crippen molar-refractivity contribution >= 4 is 0 Å². The summed E-state index contributed by atoms with van der Waals surface area (Å²) in [6, 6.07) is 8.25.